The molecule has 1 N–H and O–H groups in total. The lowest BCUT2D eigenvalue weighted by Crippen LogP contribution is -2.34. The molecule has 0 aliphatic carbocycles. The highest BCUT2D eigenvalue weighted by atomic mass is 16.6. The zero-order chi connectivity index (χ0) is 15.6. The molecule has 1 aliphatic heterocycles. The van der Waals surface area contributed by atoms with Crippen LogP contribution in [0.15, 0.2) is 54.6 Å². The van der Waals surface area contributed by atoms with Crippen molar-refractivity contribution in [1.29, 1.82) is 0 Å². The van der Waals surface area contributed by atoms with Gasteiger partial charge in [0.15, 0.2) is 0 Å². The van der Waals surface area contributed by atoms with E-state index in [0.717, 1.165) is 0 Å². The Kier molecular flexibility index (Phi) is 3.90. The van der Waals surface area contributed by atoms with E-state index in [9.17, 15) is 0 Å². The first kappa shape index (κ1) is 14.5. The number of hydrogen-bond acceptors (Lipinski definition) is 2. The number of benzene rings is 2. The van der Waals surface area contributed by atoms with Crippen LogP contribution in [0.4, 0.5) is 0 Å². The van der Waals surface area contributed by atoms with Gasteiger partial charge in [0.25, 0.3) is 0 Å². The lowest BCUT2D eigenvalue weighted by molar-refractivity contribution is -0.0936. The molecule has 2 heterocycles. The van der Waals surface area contributed by atoms with Gasteiger partial charge in [-0.15, -0.1) is 0 Å². The van der Waals surface area contributed by atoms with Crippen molar-refractivity contribution in [3.63, 3.8) is 0 Å². The predicted octanol–water partition coefficient (Wildman–Crippen LogP) is 4.02. The van der Waals surface area contributed by atoms with E-state index in [0.29, 0.717) is 19.8 Å². The zero-order valence-electron chi connectivity index (χ0n) is 13.3. The third-order valence-corrected chi connectivity index (χ3v) is 4.63. The molecule has 23 heavy (non-hydrogen) atoms. The van der Waals surface area contributed by atoms with Gasteiger partial charge < -0.3 is 14.5 Å². The van der Waals surface area contributed by atoms with Gasteiger partial charge in [0.2, 0.25) is 0 Å². The first-order valence-corrected chi connectivity index (χ1v) is 8.16. The fourth-order valence-corrected chi connectivity index (χ4v) is 3.63. The molecule has 0 radical (unpaired) electrons. The predicted molar refractivity (Wildman–Crippen MR) is 91.9 cm³/mol. The largest absolute Gasteiger partial charge is 0.376 e. The molecule has 2 atom stereocenters. The van der Waals surface area contributed by atoms with Gasteiger partial charge in [-0.25, -0.2) is 0 Å². The summed E-state index contributed by atoms with van der Waals surface area (Å²) in [5.41, 5.74) is 4.98. The summed E-state index contributed by atoms with van der Waals surface area (Å²) in [5, 5.41) is 1.27. The van der Waals surface area contributed by atoms with E-state index in [2.05, 4.69) is 66.5 Å². The van der Waals surface area contributed by atoms with Crippen LogP contribution in [-0.4, -0.2) is 30.9 Å². The van der Waals surface area contributed by atoms with Crippen LogP contribution in [0.25, 0.3) is 10.9 Å². The summed E-state index contributed by atoms with van der Waals surface area (Å²) in [6.45, 7) is 4.13. The summed E-state index contributed by atoms with van der Waals surface area (Å²) < 4.78 is 11.8. The van der Waals surface area contributed by atoms with Gasteiger partial charge in [0.1, 0.15) is 0 Å². The SMILES string of the molecule is Cc1[nH]c2ccccc2c1[C@@H](c1ccccc1)[C@H]1COCCO1. The van der Waals surface area contributed by atoms with Crippen LogP contribution in [0, 0.1) is 6.92 Å². The van der Waals surface area contributed by atoms with E-state index in [4.69, 9.17) is 9.47 Å². The number of H-pyrrole nitrogens is 1. The van der Waals surface area contributed by atoms with Crippen molar-refractivity contribution < 1.29 is 9.47 Å². The molecule has 1 fully saturated rings. The second kappa shape index (κ2) is 6.19. The van der Waals surface area contributed by atoms with Crippen molar-refractivity contribution in [3.8, 4) is 0 Å². The molecule has 0 amide bonds. The molecule has 0 spiro atoms. The Morgan fingerprint density at radius 1 is 1.00 bits per heavy atom. The van der Waals surface area contributed by atoms with E-state index >= 15 is 0 Å². The minimum atomic E-state index is 0.0454. The van der Waals surface area contributed by atoms with Gasteiger partial charge >= 0.3 is 0 Å². The Labute approximate surface area is 136 Å². The van der Waals surface area contributed by atoms with Crippen LogP contribution in [-0.2, 0) is 9.47 Å². The van der Waals surface area contributed by atoms with Crippen LogP contribution < -0.4 is 0 Å². The fourth-order valence-electron chi connectivity index (χ4n) is 3.63. The smallest absolute Gasteiger partial charge is 0.0919 e. The maximum Gasteiger partial charge on any atom is 0.0919 e. The highest BCUT2D eigenvalue weighted by Crippen LogP contribution is 2.37. The molecule has 4 rings (SSSR count). The van der Waals surface area contributed by atoms with Gasteiger partial charge in [-0.1, -0.05) is 48.5 Å². The molecule has 0 bridgehead atoms. The standard InChI is InChI=1S/C20H21NO2/c1-14-19(16-9-5-6-10-17(16)21-14)20(15-7-3-2-4-8-15)18-13-22-11-12-23-18/h2-10,18,20-21H,11-13H2,1H3/t18-,20+/m1/s1. The van der Waals surface area contributed by atoms with Crippen LogP contribution in [0.3, 0.4) is 0 Å². The first-order chi connectivity index (χ1) is 11.3. The second-order valence-electron chi connectivity index (χ2n) is 6.08. The maximum absolute atomic E-state index is 6.08. The zero-order valence-corrected chi connectivity index (χ0v) is 13.3. The molecule has 1 saturated heterocycles. The number of fused-ring (bicyclic) bond motifs is 1. The topological polar surface area (TPSA) is 34.2 Å². The van der Waals surface area contributed by atoms with Gasteiger partial charge in [-0.2, -0.15) is 0 Å². The molecule has 0 unspecified atom stereocenters. The molecule has 1 aromatic heterocycles. The molecule has 3 nitrogen and oxygen atoms in total. The number of aromatic nitrogens is 1. The average molecular weight is 307 g/mol. The number of aromatic amines is 1. The van der Waals surface area contributed by atoms with Gasteiger partial charge in [-0.3, -0.25) is 0 Å². The molecule has 2 aromatic carbocycles. The van der Waals surface area contributed by atoms with Gasteiger partial charge in [0, 0.05) is 22.5 Å². The molecule has 118 valence electrons. The summed E-state index contributed by atoms with van der Waals surface area (Å²) in [5.74, 6) is 0.174. The summed E-state index contributed by atoms with van der Waals surface area (Å²) >= 11 is 0. The lowest BCUT2D eigenvalue weighted by Gasteiger charge is -2.31. The van der Waals surface area contributed by atoms with E-state index < -0.39 is 0 Å². The van der Waals surface area contributed by atoms with Gasteiger partial charge in [0.05, 0.1) is 25.9 Å². The van der Waals surface area contributed by atoms with Gasteiger partial charge in [-0.05, 0) is 24.1 Å². The van der Waals surface area contributed by atoms with E-state index in [1.54, 1.807) is 0 Å². The normalized spacial score (nSPS) is 19.8. The lowest BCUT2D eigenvalue weighted by atomic mass is 9.85. The number of ether oxygens (including phenoxy) is 2. The Balaban J connectivity index is 1.88. The minimum absolute atomic E-state index is 0.0454. The molecule has 0 saturated carbocycles. The number of para-hydroxylation sites is 1. The number of rotatable bonds is 3. The Morgan fingerprint density at radius 2 is 1.78 bits per heavy atom. The summed E-state index contributed by atoms with van der Waals surface area (Å²) in [6.07, 6.45) is 0.0454. The molecule has 1 aliphatic rings. The van der Waals surface area contributed by atoms with E-state index in [1.165, 1.54) is 27.7 Å². The molecule has 3 aromatic rings. The number of hydrogen-bond donors (Lipinski definition) is 1. The van der Waals surface area contributed by atoms with Crippen LogP contribution >= 0.6 is 0 Å². The monoisotopic (exact) mass is 307 g/mol. The van der Waals surface area contributed by atoms with Crippen LogP contribution in [0.1, 0.15) is 22.7 Å². The summed E-state index contributed by atoms with van der Waals surface area (Å²) in [7, 11) is 0. The second-order valence-corrected chi connectivity index (χ2v) is 6.08. The van der Waals surface area contributed by atoms with E-state index in [1.807, 2.05) is 0 Å². The highest BCUT2D eigenvalue weighted by Gasteiger charge is 2.31. The third-order valence-electron chi connectivity index (χ3n) is 4.63. The number of nitrogens with one attached hydrogen (secondary N) is 1. The Hall–Kier alpha value is -2.10. The number of aryl methyl sites for hydroxylation is 1. The molecular formula is C20H21NO2. The minimum Gasteiger partial charge on any atom is -0.376 e. The van der Waals surface area contributed by atoms with Crippen LogP contribution in [0.5, 0.6) is 0 Å². The fraction of sp³-hybridized carbons (Fsp3) is 0.300. The van der Waals surface area contributed by atoms with Crippen molar-refractivity contribution in [3.05, 3.63) is 71.4 Å². The Morgan fingerprint density at radius 3 is 2.57 bits per heavy atom. The average Bonchev–Trinajstić information content (AvgIpc) is 2.94. The molecule has 3 heteroatoms. The van der Waals surface area contributed by atoms with Crippen molar-refractivity contribution >= 4 is 10.9 Å². The Bertz CT molecular complexity index is 788. The first-order valence-electron chi connectivity index (χ1n) is 8.16. The quantitative estimate of drug-likeness (QED) is 0.793. The van der Waals surface area contributed by atoms with Crippen molar-refractivity contribution in [2.24, 2.45) is 0 Å². The van der Waals surface area contributed by atoms with Crippen molar-refractivity contribution in [2.75, 3.05) is 19.8 Å². The van der Waals surface area contributed by atoms with E-state index in [-0.39, 0.29) is 12.0 Å². The van der Waals surface area contributed by atoms with Crippen molar-refractivity contribution in [2.45, 2.75) is 18.9 Å². The van der Waals surface area contributed by atoms with Crippen LogP contribution in [0.2, 0.25) is 0 Å². The summed E-state index contributed by atoms with van der Waals surface area (Å²) in [4.78, 5) is 3.52. The van der Waals surface area contributed by atoms with Crippen molar-refractivity contribution in [1.82, 2.24) is 4.98 Å². The maximum atomic E-state index is 6.08. The third kappa shape index (κ3) is 2.67. The molecular weight excluding hydrogens is 286 g/mol. The highest BCUT2D eigenvalue weighted by molar-refractivity contribution is 5.85. The summed E-state index contributed by atoms with van der Waals surface area (Å²) in [6, 6.07) is 19.1.